The van der Waals surface area contributed by atoms with Gasteiger partial charge in [-0.2, -0.15) is 0 Å². The van der Waals surface area contributed by atoms with Crippen molar-refractivity contribution in [1.29, 1.82) is 0 Å². The zero-order chi connectivity index (χ0) is 11.5. The summed E-state index contributed by atoms with van der Waals surface area (Å²) in [5.74, 6) is 1.32. The van der Waals surface area contributed by atoms with Gasteiger partial charge in [-0.1, -0.05) is 43.3 Å². The molecule has 3 heteroatoms. The number of nitrogens with two attached hydrogens (primary N) is 1. The van der Waals surface area contributed by atoms with Gasteiger partial charge >= 0.3 is 0 Å². The van der Waals surface area contributed by atoms with Gasteiger partial charge in [0.05, 0.1) is 5.69 Å². The Labute approximate surface area is 95.3 Å². The van der Waals surface area contributed by atoms with Gasteiger partial charge in [0.25, 0.3) is 0 Å². The summed E-state index contributed by atoms with van der Waals surface area (Å²) < 4.78 is 5.21. The van der Waals surface area contributed by atoms with Crippen molar-refractivity contribution in [1.82, 2.24) is 5.16 Å². The van der Waals surface area contributed by atoms with Gasteiger partial charge < -0.3 is 10.3 Å². The van der Waals surface area contributed by atoms with Crippen LogP contribution in [0.1, 0.15) is 31.0 Å². The molecule has 1 heterocycles. The average molecular weight is 216 g/mol. The fourth-order valence-corrected chi connectivity index (χ4v) is 1.58. The Hall–Kier alpha value is -1.61. The van der Waals surface area contributed by atoms with Crippen molar-refractivity contribution in [3.63, 3.8) is 0 Å². The van der Waals surface area contributed by atoms with E-state index in [1.807, 2.05) is 6.07 Å². The lowest BCUT2D eigenvalue weighted by Gasteiger charge is -2.04. The third-order valence-electron chi connectivity index (χ3n) is 2.63. The lowest BCUT2D eigenvalue weighted by atomic mass is 10.0. The maximum absolute atomic E-state index is 5.48. The molecule has 0 bridgehead atoms. The Kier molecular flexibility index (Phi) is 3.06. The summed E-state index contributed by atoms with van der Waals surface area (Å²) in [4.78, 5) is 0. The smallest absolute Gasteiger partial charge is 0.167 e. The molecule has 0 aliphatic carbocycles. The molecule has 0 amide bonds. The summed E-state index contributed by atoms with van der Waals surface area (Å²) in [6, 6.07) is 10.2. The number of hydrogen-bond acceptors (Lipinski definition) is 3. The molecule has 0 atom stereocenters. The van der Waals surface area contributed by atoms with E-state index in [-0.39, 0.29) is 0 Å². The van der Waals surface area contributed by atoms with E-state index in [4.69, 9.17) is 10.3 Å². The van der Waals surface area contributed by atoms with Gasteiger partial charge in [-0.05, 0) is 11.5 Å². The predicted molar refractivity (Wildman–Crippen MR) is 63.9 cm³/mol. The first-order valence-corrected chi connectivity index (χ1v) is 5.46. The normalized spacial score (nSPS) is 11.0. The first-order chi connectivity index (χ1) is 7.70. The molecule has 0 unspecified atom stereocenters. The van der Waals surface area contributed by atoms with Crippen LogP contribution in [0.5, 0.6) is 0 Å². The third kappa shape index (κ3) is 2.14. The van der Waals surface area contributed by atoms with Crippen LogP contribution in [0.15, 0.2) is 34.9 Å². The van der Waals surface area contributed by atoms with Crippen molar-refractivity contribution in [2.24, 2.45) is 5.73 Å². The summed E-state index contributed by atoms with van der Waals surface area (Å²) in [6.07, 6.45) is 0. The minimum Gasteiger partial charge on any atom is -0.356 e. The summed E-state index contributed by atoms with van der Waals surface area (Å²) >= 11 is 0. The van der Waals surface area contributed by atoms with E-state index in [0.29, 0.717) is 12.5 Å². The van der Waals surface area contributed by atoms with Crippen LogP contribution in [0.4, 0.5) is 0 Å². The van der Waals surface area contributed by atoms with E-state index in [1.54, 1.807) is 0 Å². The Morgan fingerprint density at radius 2 is 1.94 bits per heavy atom. The number of benzene rings is 1. The lowest BCUT2D eigenvalue weighted by Crippen LogP contribution is -1.94. The molecule has 1 aromatic heterocycles. The molecular formula is C13H16N2O. The van der Waals surface area contributed by atoms with Crippen LogP contribution in [0.3, 0.4) is 0 Å². The molecular weight excluding hydrogens is 200 g/mol. The van der Waals surface area contributed by atoms with Crippen LogP contribution >= 0.6 is 0 Å². The monoisotopic (exact) mass is 216 g/mol. The molecule has 0 aliphatic rings. The molecule has 0 fully saturated rings. The van der Waals surface area contributed by atoms with Crippen LogP contribution < -0.4 is 5.73 Å². The standard InChI is InChI=1S/C13H16N2O/c1-9(2)10-3-5-11(6-4-10)13-7-12(8-14)15-16-13/h3-7,9H,8,14H2,1-2H3. The molecule has 3 nitrogen and oxygen atoms in total. The molecule has 16 heavy (non-hydrogen) atoms. The summed E-state index contributed by atoms with van der Waals surface area (Å²) in [6.45, 7) is 4.76. The Bertz CT molecular complexity index is 457. The van der Waals surface area contributed by atoms with Gasteiger partial charge in [-0.25, -0.2) is 0 Å². The van der Waals surface area contributed by atoms with Crippen LogP contribution in [-0.2, 0) is 6.54 Å². The lowest BCUT2D eigenvalue weighted by molar-refractivity contribution is 0.424. The predicted octanol–water partition coefficient (Wildman–Crippen LogP) is 2.92. The van der Waals surface area contributed by atoms with Gasteiger partial charge in [0.1, 0.15) is 0 Å². The molecule has 2 rings (SSSR count). The van der Waals surface area contributed by atoms with Crippen molar-refractivity contribution in [2.75, 3.05) is 0 Å². The Balaban J connectivity index is 2.27. The van der Waals surface area contributed by atoms with E-state index in [9.17, 15) is 0 Å². The molecule has 0 spiro atoms. The molecule has 2 aromatic rings. The van der Waals surface area contributed by atoms with Crippen molar-refractivity contribution >= 4 is 0 Å². The molecule has 0 aliphatic heterocycles. The van der Waals surface area contributed by atoms with Crippen LogP contribution in [0.2, 0.25) is 0 Å². The zero-order valence-electron chi connectivity index (χ0n) is 9.60. The van der Waals surface area contributed by atoms with Gasteiger partial charge in [-0.3, -0.25) is 0 Å². The highest BCUT2D eigenvalue weighted by atomic mass is 16.5. The topological polar surface area (TPSA) is 52.0 Å². The summed E-state index contributed by atoms with van der Waals surface area (Å²) in [5.41, 5.74) is 8.62. The fourth-order valence-electron chi connectivity index (χ4n) is 1.58. The highest BCUT2D eigenvalue weighted by molar-refractivity contribution is 5.57. The molecule has 0 radical (unpaired) electrons. The molecule has 0 saturated heterocycles. The summed E-state index contributed by atoms with van der Waals surface area (Å²) in [7, 11) is 0. The Morgan fingerprint density at radius 1 is 1.25 bits per heavy atom. The minimum atomic E-state index is 0.410. The average Bonchev–Trinajstić information content (AvgIpc) is 2.77. The molecule has 0 saturated carbocycles. The van der Waals surface area contributed by atoms with Gasteiger partial charge in [0.15, 0.2) is 5.76 Å². The van der Waals surface area contributed by atoms with E-state index in [1.165, 1.54) is 5.56 Å². The van der Waals surface area contributed by atoms with Gasteiger partial charge in [0.2, 0.25) is 0 Å². The van der Waals surface area contributed by atoms with Gasteiger partial charge in [0, 0.05) is 18.2 Å². The van der Waals surface area contributed by atoms with E-state index >= 15 is 0 Å². The van der Waals surface area contributed by atoms with Crippen molar-refractivity contribution in [3.8, 4) is 11.3 Å². The second-order valence-corrected chi connectivity index (χ2v) is 4.16. The molecule has 2 N–H and O–H groups in total. The van der Waals surface area contributed by atoms with E-state index in [0.717, 1.165) is 17.0 Å². The molecule has 84 valence electrons. The highest BCUT2D eigenvalue weighted by Gasteiger charge is 2.06. The maximum atomic E-state index is 5.48. The third-order valence-corrected chi connectivity index (χ3v) is 2.63. The van der Waals surface area contributed by atoms with Crippen molar-refractivity contribution in [2.45, 2.75) is 26.3 Å². The second kappa shape index (κ2) is 4.49. The Morgan fingerprint density at radius 3 is 2.44 bits per heavy atom. The first kappa shape index (κ1) is 10.9. The van der Waals surface area contributed by atoms with Gasteiger partial charge in [-0.15, -0.1) is 0 Å². The first-order valence-electron chi connectivity index (χ1n) is 5.46. The van der Waals surface area contributed by atoms with E-state index < -0.39 is 0 Å². The largest absolute Gasteiger partial charge is 0.356 e. The van der Waals surface area contributed by atoms with E-state index in [2.05, 4.69) is 43.3 Å². The minimum absolute atomic E-state index is 0.410. The van der Waals surface area contributed by atoms with Crippen molar-refractivity contribution < 1.29 is 4.52 Å². The quantitative estimate of drug-likeness (QED) is 0.858. The second-order valence-electron chi connectivity index (χ2n) is 4.16. The van der Waals surface area contributed by atoms with Crippen LogP contribution in [0, 0.1) is 0 Å². The highest BCUT2D eigenvalue weighted by Crippen LogP contribution is 2.23. The maximum Gasteiger partial charge on any atom is 0.167 e. The number of nitrogens with zero attached hydrogens (tertiary/aromatic N) is 1. The molecule has 1 aromatic carbocycles. The number of aromatic nitrogens is 1. The summed E-state index contributed by atoms with van der Waals surface area (Å²) in [5, 5.41) is 3.87. The number of hydrogen-bond donors (Lipinski definition) is 1. The number of rotatable bonds is 3. The fraction of sp³-hybridized carbons (Fsp3) is 0.308. The zero-order valence-corrected chi connectivity index (χ0v) is 9.60. The van der Waals surface area contributed by atoms with Crippen molar-refractivity contribution in [3.05, 3.63) is 41.6 Å². The van der Waals surface area contributed by atoms with Crippen LogP contribution in [0.25, 0.3) is 11.3 Å². The van der Waals surface area contributed by atoms with Crippen LogP contribution in [-0.4, -0.2) is 5.16 Å². The SMILES string of the molecule is CC(C)c1ccc(-c2cc(CN)no2)cc1.